The van der Waals surface area contributed by atoms with Gasteiger partial charge in [-0.3, -0.25) is 19.7 Å². The number of hydrogen-bond acceptors (Lipinski definition) is 9. The van der Waals surface area contributed by atoms with Crippen molar-refractivity contribution in [1.29, 1.82) is 0 Å². The molecule has 13 heteroatoms. The standard InChI is InChI=1S/C38H48F2N6O5/c1-6-13-38(15-9-17-45(38)3)23-51-35-43-33-28(34(48)44-35)21-42-32(31(33)40)27-20-25(47)19-24-11-12-29(39)26(30(24)27)10-7-18-50-36(49)46(4,5)37(2)14-8-16-41-22-37/h11-12,19-21,41H,6-10,13-18,22-23H2,1-5H3,(H-,42,43,44,47,48)/p+1. The monoisotopic (exact) mass is 707 g/mol. The van der Waals surface area contributed by atoms with Crippen LogP contribution in [0.4, 0.5) is 13.6 Å². The molecular formula is C38H49F2N6O5+. The summed E-state index contributed by atoms with van der Waals surface area (Å²) in [5, 5.41) is 14.8. The van der Waals surface area contributed by atoms with Gasteiger partial charge in [0.15, 0.2) is 5.82 Å². The van der Waals surface area contributed by atoms with Gasteiger partial charge in [0, 0.05) is 18.2 Å². The zero-order valence-corrected chi connectivity index (χ0v) is 30.2. The van der Waals surface area contributed by atoms with Gasteiger partial charge in [-0.1, -0.05) is 19.4 Å². The van der Waals surface area contributed by atoms with Crippen LogP contribution in [0.2, 0.25) is 0 Å². The summed E-state index contributed by atoms with van der Waals surface area (Å²) in [7, 11) is 5.75. The molecule has 4 aromatic rings. The normalized spacial score (nSPS) is 21.4. The Morgan fingerprint density at radius 1 is 1.18 bits per heavy atom. The minimum Gasteiger partial charge on any atom is -0.508 e. The number of aromatic hydroxyl groups is 1. The second-order valence-electron chi connectivity index (χ2n) is 14.9. The topological polar surface area (TPSA) is 130 Å². The molecule has 0 aliphatic carbocycles. The van der Waals surface area contributed by atoms with Crippen LogP contribution in [0.1, 0.15) is 64.4 Å². The number of pyridine rings is 1. The molecule has 2 saturated heterocycles. The van der Waals surface area contributed by atoms with E-state index in [2.05, 4.69) is 46.1 Å². The molecule has 2 unspecified atom stereocenters. The molecule has 2 aliphatic heterocycles. The summed E-state index contributed by atoms with van der Waals surface area (Å²) in [6, 6.07) is 5.51. The van der Waals surface area contributed by atoms with Crippen LogP contribution in [0.25, 0.3) is 32.9 Å². The molecule has 274 valence electrons. The van der Waals surface area contributed by atoms with Crippen molar-refractivity contribution in [3.05, 3.63) is 58.0 Å². The van der Waals surface area contributed by atoms with Crippen LogP contribution in [-0.4, -0.2) is 101 Å². The summed E-state index contributed by atoms with van der Waals surface area (Å²) in [6.45, 7) is 7.08. The van der Waals surface area contributed by atoms with Crippen LogP contribution < -0.4 is 15.6 Å². The number of nitrogens with zero attached hydrogens (tertiary/aromatic N) is 4. The summed E-state index contributed by atoms with van der Waals surface area (Å²) < 4.78 is 43.9. The molecule has 0 spiro atoms. The number of nitrogens with one attached hydrogen (secondary N) is 2. The highest BCUT2D eigenvalue weighted by atomic mass is 19.1. The molecule has 0 bridgehead atoms. The maximum atomic E-state index is 16.5. The van der Waals surface area contributed by atoms with Crippen molar-refractivity contribution in [1.82, 2.24) is 25.2 Å². The number of benzene rings is 2. The molecule has 6 rings (SSSR count). The second-order valence-corrected chi connectivity index (χ2v) is 14.9. The first-order valence-electron chi connectivity index (χ1n) is 17.9. The maximum Gasteiger partial charge on any atom is 0.516 e. The van der Waals surface area contributed by atoms with Gasteiger partial charge in [-0.2, -0.15) is 9.78 Å². The fourth-order valence-electron chi connectivity index (χ4n) is 7.85. The minimum absolute atomic E-state index is 0.0548. The quantitative estimate of drug-likeness (QED) is 0.126. The Kier molecular flexibility index (Phi) is 10.4. The molecule has 11 nitrogen and oxygen atoms in total. The van der Waals surface area contributed by atoms with Crippen molar-refractivity contribution in [2.45, 2.75) is 76.3 Å². The summed E-state index contributed by atoms with van der Waals surface area (Å²) in [5.41, 5.74) is -1.16. The van der Waals surface area contributed by atoms with Gasteiger partial charge in [0.1, 0.15) is 34.9 Å². The van der Waals surface area contributed by atoms with Crippen LogP contribution in [0.5, 0.6) is 11.8 Å². The van der Waals surface area contributed by atoms with Crippen molar-refractivity contribution in [2.75, 3.05) is 54.0 Å². The van der Waals surface area contributed by atoms with Gasteiger partial charge in [-0.25, -0.2) is 13.3 Å². The predicted octanol–water partition coefficient (Wildman–Crippen LogP) is 6.05. The van der Waals surface area contributed by atoms with E-state index in [9.17, 15) is 14.7 Å². The number of carbonyl (C=O) groups is 1. The third-order valence-corrected chi connectivity index (χ3v) is 11.4. The molecule has 4 heterocycles. The molecule has 2 aromatic carbocycles. The van der Waals surface area contributed by atoms with Gasteiger partial charge in [0.05, 0.1) is 38.2 Å². The van der Waals surface area contributed by atoms with E-state index >= 15 is 8.78 Å². The van der Waals surface area contributed by atoms with Gasteiger partial charge in [-0.15, -0.1) is 0 Å². The van der Waals surface area contributed by atoms with Gasteiger partial charge in [0.25, 0.3) is 11.6 Å². The number of H-pyrrole nitrogens is 1. The van der Waals surface area contributed by atoms with Crippen LogP contribution in [0.15, 0.2) is 35.3 Å². The maximum absolute atomic E-state index is 16.5. The number of rotatable bonds is 11. The lowest BCUT2D eigenvalue weighted by molar-refractivity contribution is -0.871. The third kappa shape index (κ3) is 6.91. The number of phenols is 1. The molecule has 2 fully saturated rings. The zero-order chi connectivity index (χ0) is 36.6. The molecule has 3 N–H and O–H groups in total. The number of carbonyl (C=O) groups excluding carboxylic acids is 1. The van der Waals surface area contributed by atoms with Gasteiger partial charge >= 0.3 is 6.09 Å². The van der Waals surface area contributed by atoms with E-state index < -0.39 is 17.2 Å². The number of aryl methyl sites for hydroxylation is 1. The van der Waals surface area contributed by atoms with E-state index in [1.807, 2.05) is 14.1 Å². The molecule has 51 heavy (non-hydrogen) atoms. The summed E-state index contributed by atoms with van der Waals surface area (Å²) in [4.78, 5) is 39.8. The largest absolute Gasteiger partial charge is 0.516 e. The average Bonchev–Trinajstić information content (AvgIpc) is 3.46. The Balaban J connectivity index is 1.29. The van der Waals surface area contributed by atoms with Crippen molar-refractivity contribution in [3.8, 4) is 23.0 Å². The highest BCUT2D eigenvalue weighted by Gasteiger charge is 2.48. The number of quaternary nitrogens is 1. The lowest BCUT2D eigenvalue weighted by atomic mass is 9.89. The first-order chi connectivity index (χ1) is 24.3. The van der Waals surface area contributed by atoms with Gasteiger partial charge in [0.2, 0.25) is 0 Å². The number of likely N-dealkylation sites (tertiary alicyclic amines) is 1. The van der Waals surface area contributed by atoms with Crippen LogP contribution in [-0.2, 0) is 11.2 Å². The van der Waals surface area contributed by atoms with Gasteiger partial charge < -0.3 is 19.9 Å². The number of halogens is 2. The first kappa shape index (κ1) is 36.6. The number of amides is 1. The zero-order valence-electron chi connectivity index (χ0n) is 30.2. The van der Waals surface area contributed by atoms with Crippen LogP contribution in [0, 0.1) is 11.6 Å². The fraction of sp³-hybridized carbons (Fsp3) is 0.526. The summed E-state index contributed by atoms with van der Waals surface area (Å²) >= 11 is 0. The number of phenolic OH excluding ortho intramolecular Hbond substituents is 1. The third-order valence-electron chi connectivity index (χ3n) is 11.4. The summed E-state index contributed by atoms with van der Waals surface area (Å²) in [5.74, 6) is -1.59. The van der Waals surface area contributed by atoms with Crippen molar-refractivity contribution < 1.29 is 32.6 Å². The van der Waals surface area contributed by atoms with Crippen molar-refractivity contribution >= 4 is 27.8 Å². The van der Waals surface area contributed by atoms with E-state index in [1.54, 1.807) is 0 Å². The number of aromatic nitrogens is 3. The van der Waals surface area contributed by atoms with E-state index in [0.717, 1.165) is 51.6 Å². The molecule has 2 aliphatic rings. The van der Waals surface area contributed by atoms with E-state index in [0.29, 0.717) is 23.7 Å². The molecule has 1 amide bonds. The highest BCUT2D eigenvalue weighted by Crippen LogP contribution is 2.38. The highest BCUT2D eigenvalue weighted by molar-refractivity contribution is 6.01. The Hall–Kier alpha value is -4.20. The predicted molar refractivity (Wildman–Crippen MR) is 192 cm³/mol. The van der Waals surface area contributed by atoms with Crippen molar-refractivity contribution in [2.24, 2.45) is 0 Å². The summed E-state index contributed by atoms with van der Waals surface area (Å²) in [6.07, 6.45) is 7.02. The number of piperidine rings is 1. The smallest absolute Gasteiger partial charge is 0.508 e. The van der Waals surface area contributed by atoms with E-state index in [1.165, 1.54) is 30.5 Å². The lowest BCUT2D eigenvalue weighted by Gasteiger charge is -2.45. The number of aromatic amines is 1. The molecule has 2 atom stereocenters. The molecule has 0 saturated carbocycles. The number of likely N-dealkylation sites (N-methyl/N-ethyl adjacent to an activating group) is 2. The SMILES string of the molecule is CCCC1(COc2nc3c(F)c(-c4cc(O)cc5ccc(F)c(CCCOC(=O)[N+](C)(C)C6(C)CCCNC6)c45)ncc3c(=O)[nH]2)CCCN1C. The van der Waals surface area contributed by atoms with E-state index in [4.69, 9.17) is 9.47 Å². The first-order valence-corrected chi connectivity index (χ1v) is 17.9. The lowest BCUT2D eigenvalue weighted by Crippen LogP contribution is -2.66. The Morgan fingerprint density at radius 3 is 2.69 bits per heavy atom. The van der Waals surface area contributed by atoms with Gasteiger partial charge in [-0.05, 0) is 100 Å². The van der Waals surface area contributed by atoms with Crippen LogP contribution >= 0.6 is 0 Å². The molecule has 2 aromatic heterocycles. The molecular weight excluding hydrogens is 658 g/mol. The number of fused-ring (bicyclic) bond motifs is 2. The number of ether oxygens (including phenoxy) is 2. The minimum atomic E-state index is -0.897. The molecule has 0 radical (unpaired) electrons. The fourth-order valence-corrected chi connectivity index (χ4v) is 7.85. The second kappa shape index (κ2) is 14.4. The average molecular weight is 708 g/mol. The Morgan fingerprint density at radius 2 is 1.98 bits per heavy atom. The van der Waals surface area contributed by atoms with Crippen LogP contribution in [0.3, 0.4) is 0 Å². The Bertz CT molecular complexity index is 2000. The Labute approximate surface area is 296 Å². The van der Waals surface area contributed by atoms with Crippen molar-refractivity contribution in [3.63, 3.8) is 0 Å². The van der Waals surface area contributed by atoms with E-state index in [-0.39, 0.29) is 80.8 Å². The number of hydrogen-bond donors (Lipinski definition) is 3.